The van der Waals surface area contributed by atoms with E-state index in [4.69, 9.17) is 4.74 Å². The molecule has 0 bridgehead atoms. The summed E-state index contributed by atoms with van der Waals surface area (Å²) in [6, 6.07) is 12.0. The molecule has 2 N–H and O–H groups in total. The van der Waals surface area contributed by atoms with Gasteiger partial charge in [-0.3, -0.25) is 9.59 Å². The molecule has 152 valence electrons. The van der Waals surface area contributed by atoms with Crippen LogP contribution >= 0.6 is 0 Å². The maximum Gasteiger partial charge on any atom is 0.339 e. The van der Waals surface area contributed by atoms with Crippen LogP contribution in [0.5, 0.6) is 0 Å². The monoisotopic (exact) mass is 394 g/mol. The molecule has 6 nitrogen and oxygen atoms in total. The Bertz CT molecular complexity index is 917. The fourth-order valence-electron chi connectivity index (χ4n) is 3.65. The second-order valence-corrected chi connectivity index (χ2v) is 7.35. The van der Waals surface area contributed by atoms with E-state index in [2.05, 4.69) is 10.6 Å². The van der Waals surface area contributed by atoms with Crippen LogP contribution in [0.2, 0.25) is 0 Å². The normalized spacial score (nSPS) is 14.1. The molecule has 1 aliphatic carbocycles. The first-order valence-electron chi connectivity index (χ1n) is 9.90. The quantitative estimate of drug-likeness (QED) is 0.729. The summed E-state index contributed by atoms with van der Waals surface area (Å²) in [6.07, 6.45) is 5.18. The fraction of sp³-hybridized carbons (Fsp3) is 0.348. The number of carbonyl (C=O) groups excluding carboxylic acids is 3. The zero-order chi connectivity index (χ0) is 20.8. The van der Waals surface area contributed by atoms with Gasteiger partial charge in [-0.2, -0.15) is 0 Å². The summed E-state index contributed by atoms with van der Waals surface area (Å²) < 4.78 is 4.80. The molecule has 0 radical (unpaired) electrons. The predicted octanol–water partition coefficient (Wildman–Crippen LogP) is 4.55. The minimum atomic E-state index is -0.516. The molecule has 0 unspecified atom stereocenters. The van der Waals surface area contributed by atoms with E-state index in [1.54, 1.807) is 36.4 Å². The van der Waals surface area contributed by atoms with Crippen molar-refractivity contribution in [1.82, 2.24) is 0 Å². The molecule has 0 aliphatic heterocycles. The van der Waals surface area contributed by atoms with Crippen LogP contribution in [-0.4, -0.2) is 24.9 Å². The minimum Gasteiger partial charge on any atom is -0.465 e. The van der Waals surface area contributed by atoms with Crippen LogP contribution < -0.4 is 10.6 Å². The summed E-state index contributed by atoms with van der Waals surface area (Å²) in [5, 5.41) is 5.73. The molecule has 0 saturated heterocycles. The summed E-state index contributed by atoms with van der Waals surface area (Å²) in [5.41, 5.74) is 2.45. The molecule has 2 aromatic carbocycles. The maximum atomic E-state index is 12.8. The van der Waals surface area contributed by atoms with Gasteiger partial charge in [0.1, 0.15) is 0 Å². The molecule has 2 amide bonds. The van der Waals surface area contributed by atoms with E-state index in [1.165, 1.54) is 13.5 Å². The van der Waals surface area contributed by atoms with E-state index in [-0.39, 0.29) is 17.7 Å². The van der Waals surface area contributed by atoms with Gasteiger partial charge in [0, 0.05) is 17.2 Å². The number of anilines is 2. The first-order valence-corrected chi connectivity index (χ1v) is 9.90. The topological polar surface area (TPSA) is 84.5 Å². The highest BCUT2D eigenvalue weighted by Crippen LogP contribution is 2.26. The van der Waals surface area contributed by atoms with E-state index < -0.39 is 5.97 Å². The number of esters is 1. The molecule has 0 spiro atoms. The second kappa shape index (κ2) is 9.37. The largest absolute Gasteiger partial charge is 0.465 e. The van der Waals surface area contributed by atoms with Crippen molar-refractivity contribution in [3.8, 4) is 0 Å². The summed E-state index contributed by atoms with van der Waals surface area (Å²) in [5.74, 6) is -0.833. The zero-order valence-corrected chi connectivity index (χ0v) is 16.8. The van der Waals surface area contributed by atoms with E-state index in [0.29, 0.717) is 22.5 Å². The highest BCUT2D eigenvalue weighted by molar-refractivity contribution is 6.09. The molecule has 1 aliphatic rings. The van der Waals surface area contributed by atoms with Crippen molar-refractivity contribution in [2.75, 3.05) is 17.7 Å². The average molecular weight is 394 g/mol. The third-order valence-electron chi connectivity index (χ3n) is 5.28. The number of methoxy groups -OCH3 is 1. The fourth-order valence-corrected chi connectivity index (χ4v) is 3.65. The van der Waals surface area contributed by atoms with Crippen molar-refractivity contribution in [3.05, 3.63) is 59.2 Å². The molecule has 0 aromatic heterocycles. The van der Waals surface area contributed by atoms with Gasteiger partial charge in [-0.1, -0.05) is 37.5 Å². The number of benzene rings is 2. The van der Waals surface area contributed by atoms with Gasteiger partial charge < -0.3 is 15.4 Å². The third-order valence-corrected chi connectivity index (χ3v) is 5.28. The molecule has 0 atom stereocenters. The Morgan fingerprint density at radius 2 is 1.69 bits per heavy atom. The van der Waals surface area contributed by atoms with Gasteiger partial charge >= 0.3 is 5.97 Å². The lowest BCUT2D eigenvalue weighted by Crippen LogP contribution is -2.25. The van der Waals surface area contributed by atoms with Crippen molar-refractivity contribution < 1.29 is 19.1 Å². The van der Waals surface area contributed by atoms with Crippen LogP contribution in [0.15, 0.2) is 42.5 Å². The lowest BCUT2D eigenvalue weighted by atomic mass is 9.88. The summed E-state index contributed by atoms with van der Waals surface area (Å²) in [7, 11) is 1.30. The van der Waals surface area contributed by atoms with Gasteiger partial charge in [0.15, 0.2) is 0 Å². The molecular weight excluding hydrogens is 368 g/mol. The summed E-state index contributed by atoms with van der Waals surface area (Å²) in [4.78, 5) is 37.3. The molecule has 0 heterocycles. The van der Waals surface area contributed by atoms with Gasteiger partial charge in [-0.15, -0.1) is 0 Å². The molecular formula is C23H26N2O4. The average Bonchev–Trinajstić information content (AvgIpc) is 2.75. The lowest BCUT2D eigenvalue weighted by Gasteiger charge is -2.20. The number of carbonyl (C=O) groups is 3. The number of hydrogen-bond donors (Lipinski definition) is 2. The Balaban J connectivity index is 1.75. The van der Waals surface area contributed by atoms with Crippen molar-refractivity contribution in [2.45, 2.75) is 39.0 Å². The number of rotatable bonds is 5. The van der Waals surface area contributed by atoms with Gasteiger partial charge in [0.05, 0.1) is 18.4 Å². The van der Waals surface area contributed by atoms with Crippen LogP contribution in [-0.2, 0) is 9.53 Å². The van der Waals surface area contributed by atoms with Crippen LogP contribution in [0.25, 0.3) is 0 Å². The zero-order valence-electron chi connectivity index (χ0n) is 16.8. The van der Waals surface area contributed by atoms with Crippen molar-refractivity contribution >= 4 is 29.2 Å². The Hall–Kier alpha value is -3.15. The number of hydrogen-bond acceptors (Lipinski definition) is 4. The Labute approximate surface area is 170 Å². The van der Waals surface area contributed by atoms with Crippen LogP contribution in [0.4, 0.5) is 11.4 Å². The van der Waals surface area contributed by atoms with E-state index in [0.717, 1.165) is 31.2 Å². The Morgan fingerprint density at radius 3 is 2.41 bits per heavy atom. The standard InChI is InChI=1S/C23H26N2O4/c1-15-8-6-13-19(23(28)29-2)20(15)25-22(27)17-11-7-12-18(14-17)24-21(26)16-9-4-3-5-10-16/h6-8,11-14,16H,3-5,9-10H2,1-2H3,(H,24,26)(H,25,27). The van der Waals surface area contributed by atoms with Crippen LogP contribution in [0.1, 0.15) is 58.4 Å². The molecule has 29 heavy (non-hydrogen) atoms. The van der Waals surface area contributed by atoms with E-state index in [9.17, 15) is 14.4 Å². The van der Waals surface area contributed by atoms with Crippen LogP contribution in [0.3, 0.4) is 0 Å². The number of para-hydroxylation sites is 1. The molecule has 1 saturated carbocycles. The number of ether oxygens (including phenoxy) is 1. The highest BCUT2D eigenvalue weighted by Gasteiger charge is 2.21. The second-order valence-electron chi connectivity index (χ2n) is 7.35. The lowest BCUT2D eigenvalue weighted by molar-refractivity contribution is -0.120. The molecule has 2 aromatic rings. The van der Waals surface area contributed by atoms with E-state index >= 15 is 0 Å². The summed E-state index contributed by atoms with van der Waals surface area (Å²) >= 11 is 0. The predicted molar refractivity (Wildman–Crippen MR) is 112 cm³/mol. The first-order chi connectivity index (χ1) is 14.0. The van der Waals surface area contributed by atoms with Gasteiger partial charge in [-0.05, 0) is 49.6 Å². The van der Waals surface area contributed by atoms with Crippen molar-refractivity contribution in [3.63, 3.8) is 0 Å². The van der Waals surface area contributed by atoms with Gasteiger partial charge in [0.25, 0.3) is 5.91 Å². The van der Waals surface area contributed by atoms with Crippen molar-refractivity contribution in [1.29, 1.82) is 0 Å². The molecule has 3 rings (SSSR count). The number of amides is 2. The number of nitrogens with one attached hydrogen (secondary N) is 2. The maximum absolute atomic E-state index is 12.8. The van der Waals surface area contributed by atoms with Crippen molar-refractivity contribution in [2.24, 2.45) is 5.92 Å². The van der Waals surface area contributed by atoms with E-state index in [1.807, 2.05) is 13.0 Å². The smallest absolute Gasteiger partial charge is 0.339 e. The number of aryl methyl sites for hydroxylation is 1. The third kappa shape index (κ3) is 5.02. The minimum absolute atomic E-state index is 0.00846. The summed E-state index contributed by atoms with van der Waals surface area (Å²) in [6.45, 7) is 1.81. The Morgan fingerprint density at radius 1 is 0.966 bits per heavy atom. The van der Waals surface area contributed by atoms with Gasteiger partial charge in [-0.25, -0.2) is 4.79 Å². The van der Waals surface area contributed by atoms with Gasteiger partial charge in [0.2, 0.25) is 5.91 Å². The highest BCUT2D eigenvalue weighted by atomic mass is 16.5. The Kier molecular flexibility index (Phi) is 6.65. The van der Waals surface area contributed by atoms with Crippen LogP contribution in [0, 0.1) is 12.8 Å². The molecule has 1 fully saturated rings. The SMILES string of the molecule is COC(=O)c1cccc(C)c1NC(=O)c1cccc(NC(=O)C2CCCCC2)c1. The first kappa shape index (κ1) is 20.6. The molecule has 6 heteroatoms.